The fourth-order valence-electron chi connectivity index (χ4n) is 1.45. The van der Waals surface area contributed by atoms with E-state index in [9.17, 15) is 0 Å². The van der Waals surface area contributed by atoms with Crippen LogP contribution in [-0.4, -0.2) is 24.9 Å². The molecule has 0 saturated heterocycles. The Morgan fingerprint density at radius 2 is 1.35 bits per heavy atom. The Labute approximate surface area is 136 Å². The molecule has 5 nitrogen and oxygen atoms in total. The van der Waals surface area contributed by atoms with Gasteiger partial charge >= 0.3 is 0 Å². The number of nitrogens with one attached hydrogen (secondary N) is 2. The van der Waals surface area contributed by atoms with Gasteiger partial charge in [0.1, 0.15) is 0 Å². The van der Waals surface area contributed by atoms with Crippen molar-refractivity contribution < 1.29 is 0 Å². The van der Waals surface area contributed by atoms with E-state index in [-0.39, 0.29) is 0 Å². The topological polar surface area (TPSA) is 70.2 Å². The minimum absolute atomic E-state index is 1.06. The molecule has 1 aromatic carbocycles. The van der Waals surface area contributed by atoms with Gasteiger partial charge in [-0.05, 0) is 12.1 Å². The summed E-state index contributed by atoms with van der Waals surface area (Å²) in [7, 11) is 0. The zero-order chi connectivity index (χ0) is 16.6. The lowest BCUT2D eigenvalue weighted by Gasteiger charge is -1.91. The van der Waals surface area contributed by atoms with E-state index in [2.05, 4.69) is 50.9 Å². The van der Waals surface area contributed by atoms with Crippen LogP contribution < -0.4 is 0 Å². The summed E-state index contributed by atoms with van der Waals surface area (Å²) in [4.78, 5) is 17.0. The number of rotatable bonds is 0. The number of hydrogen-bond donors (Lipinski definition) is 2. The second-order valence-corrected chi connectivity index (χ2v) is 4.42. The van der Waals surface area contributed by atoms with Crippen molar-refractivity contribution in [3.63, 3.8) is 0 Å². The molecule has 0 aliphatic heterocycles. The highest BCUT2D eigenvalue weighted by atomic mass is 14.8. The van der Waals surface area contributed by atoms with E-state index in [1.54, 1.807) is 37.4 Å². The Bertz CT molecular complexity index is 564. The monoisotopic (exact) mass is 309 g/mol. The minimum Gasteiger partial charge on any atom is -0.351 e. The Morgan fingerprint density at radius 3 is 1.78 bits per heavy atom. The van der Waals surface area contributed by atoms with Crippen LogP contribution in [0, 0.1) is 0 Å². The van der Waals surface area contributed by atoms with Crippen molar-refractivity contribution >= 4 is 10.9 Å². The second kappa shape index (κ2) is 12.8. The summed E-state index contributed by atoms with van der Waals surface area (Å²) in [6.45, 7) is 4.25. The van der Waals surface area contributed by atoms with Gasteiger partial charge in [-0.1, -0.05) is 44.5 Å². The van der Waals surface area contributed by atoms with Crippen LogP contribution in [0.15, 0.2) is 80.0 Å². The molecule has 4 aromatic rings. The van der Waals surface area contributed by atoms with Crippen LogP contribution in [0.1, 0.15) is 20.3 Å². The third-order valence-corrected chi connectivity index (χ3v) is 2.32. The summed E-state index contributed by atoms with van der Waals surface area (Å²) in [5.41, 5.74) is 1.06. The van der Waals surface area contributed by atoms with Gasteiger partial charge in [-0.25, -0.2) is 9.97 Å². The minimum atomic E-state index is 1.06. The molecule has 0 aliphatic rings. The lowest BCUT2D eigenvalue weighted by atomic mass is 10.2. The molecule has 0 spiro atoms. The van der Waals surface area contributed by atoms with Crippen molar-refractivity contribution in [2.75, 3.05) is 0 Å². The first kappa shape index (κ1) is 18.1. The van der Waals surface area contributed by atoms with E-state index in [1.165, 1.54) is 11.8 Å². The number of H-pyrrole nitrogens is 2. The van der Waals surface area contributed by atoms with Gasteiger partial charge < -0.3 is 9.97 Å². The van der Waals surface area contributed by atoms with Crippen molar-refractivity contribution in [2.24, 2.45) is 0 Å². The average Bonchev–Trinajstić information content (AvgIpc) is 3.33. The Kier molecular flexibility index (Phi) is 10.0. The number of hydrogen-bond acceptors (Lipinski definition) is 3. The highest BCUT2D eigenvalue weighted by Gasteiger charge is 1.86. The van der Waals surface area contributed by atoms with Gasteiger partial charge in [0.05, 0.1) is 18.2 Å². The number of para-hydroxylation sites is 1. The molecule has 3 aromatic heterocycles. The number of fused-ring (bicyclic) bond motifs is 1. The maximum Gasteiger partial charge on any atom is 0.0919 e. The second-order valence-electron chi connectivity index (χ2n) is 4.42. The number of imidazole rings is 2. The highest BCUT2D eigenvalue weighted by Crippen LogP contribution is 2.07. The molecule has 2 N–H and O–H groups in total. The van der Waals surface area contributed by atoms with Crippen molar-refractivity contribution in [3.8, 4) is 0 Å². The van der Waals surface area contributed by atoms with Gasteiger partial charge in [0.15, 0.2) is 0 Å². The van der Waals surface area contributed by atoms with Gasteiger partial charge in [0, 0.05) is 36.4 Å². The molecule has 0 unspecified atom stereocenters. The molecule has 4 rings (SSSR count). The number of aromatic nitrogens is 5. The summed E-state index contributed by atoms with van der Waals surface area (Å²) >= 11 is 0. The van der Waals surface area contributed by atoms with E-state index in [0.29, 0.717) is 0 Å². The summed E-state index contributed by atoms with van der Waals surface area (Å²) in [6, 6.07) is 12.1. The third kappa shape index (κ3) is 8.83. The number of benzene rings is 1. The smallest absolute Gasteiger partial charge is 0.0919 e. The van der Waals surface area contributed by atoms with Crippen molar-refractivity contribution in [2.45, 2.75) is 20.3 Å². The summed E-state index contributed by atoms with van der Waals surface area (Å²) in [5.74, 6) is 0. The first-order chi connectivity index (χ1) is 11.4. The first-order valence-electron chi connectivity index (χ1n) is 7.53. The molecule has 0 aliphatic carbocycles. The largest absolute Gasteiger partial charge is 0.351 e. The fraction of sp³-hybridized carbons (Fsp3) is 0.167. The first-order valence-corrected chi connectivity index (χ1v) is 7.53. The quantitative estimate of drug-likeness (QED) is 0.503. The lowest BCUT2D eigenvalue weighted by Crippen LogP contribution is -1.73. The van der Waals surface area contributed by atoms with Crippen LogP contribution >= 0.6 is 0 Å². The Morgan fingerprint density at radius 1 is 0.783 bits per heavy atom. The van der Waals surface area contributed by atoms with Crippen LogP contribution in [0.3, 0.4) is 0 Å². The Balaban J connectivity index is 0.000000173. The summed E-state index contributed by atoms with van der Waals surface area (Å²) < 4.78 is 0. The number of aromatic amines is 2. The van der Waals surface area contributed by atoms with E-state index in [4.69, 9.17) is 0 Å². The molecule has 0 amide bonds. The highest BCUT2D eigenvalue weighted by molar-refractivity contribution is 5.77. The van der Waals surface area contributed by atoms with Crippen LogP contribution in [0.2, 0.25) is 0 Å². The van der Waals surface area contributed by atoms with Crippen molar-refractivity contribution in [1.29, 1.82) is 0 Å². The third-order valence-electron chi connectivity index (χ3n) is 2.32. The summed E-state index contributed by atoms with van der Waals surface area (Å²) in [6.07, 6.45) is 13.2. The Hall–Kier alpha value is -2.95. The zero-order valence-electron chi connectivity index (χ0n) is 13.6. The lowest BCUT2D eigenvalue weighted by molar-refractivity contribution is 1.09. The molecule has 0 radical (unpaired) electrons. The molecule has 0 bridgehead atoms. The maximum absolute atomic E-state index is 4.18. The van der Waals surface area contributed by atoms with Crippen LogP contribution in [-0.2, 0) is 0 Å². The van der Waals surface area contributed by atoms with Gasteiger partial charge in [-0.15, -0.1) is 0 Å². The average molecular weight is 309 g/mol. The predicted octanol–water partition coefficient (Wildman–Crippen LogP) is 4.47. The molecule has 120 valence electrons. The number of pyridine rings is 1. The zero-order valence-corrected chi connectivity index (χ0v) is 13.6. The molecule has 0 fully saturated rings. The predicted molar refractivity (Wildman–Crippen MR) is 94.9 cm³/mol. The molecular weight excluding hydrogens is 286 g/mol. The summed E-state index contributed by atoms with van der Waals surface area (Å²) in [5, 5.41) is 1.20. The van der Waals surface area contributed by atoms with Crippen LogP contribution in [0.25, 0.3) is 10.9 Å². The molecular formula is C18H23N5. The van der Waals surface area contributed by atoms with E-state index in [1.807, 2.05) is 30.5 Å². The van der Waals surface area contributed by atoms with E-state index in [0.717, 1.165) is 5.52 Å². The van der Waals surface area contributed by atoms with Gasteiger partial charge in [-0.2, -0.15) is 0 Å². The van der Waals surface area contributed by atoms with Gasteiger partial charge in [0.25, 0.3) is 0 Å². The van der Waals surface area contributed by atoms with Gasteiger partial charge in [0.2, 0.25) is 0 Å². The normalized spacial score (nSPS) is 8.61. The molecule has 0 saturated carbocycles. The fourth-order valence-corrected chi connectivity index (χ4v) is 1.45. The van der Waals surface area contributed by atoms with Crippen LogP contribution in [0.5, 0.6) is 0 Å². The van der Waals surface area contributed by atoms with Crippen molar-refractivity contribution in [1.82, 2.24) is 24.9 Å². The molecule has 0 atom stereocenters. The van der Waals surface area contributed by atoms with Gasteiger partial charge in [-0.3, -0.25) is 4.98 Å². The van der Waals surface area contributed by atoms with E-state index < -0.39 is 0 Å². The molecule has 5 heteroatoms. The number of nitrogens with zero attached hydrogens (tertiary/aromatic N) is 3. The van der Waals surface area contributed by atoms with Crippen molar-refractivity contribution in [3.05, 3.63) is 80.0 Å². The SMILES string of the molecule is CCC.c1c[nH]cn1.c1c[nH]cn1.c1ccc2ncccc2c1. The van der Waals surface area contributed by atoms with E-state index >= 15 is 0 Å². The standard InChI is InChI=1S/C9H7N.2C3H4N2.C3H8/c1-2-6-9-8(4-1)5-3-7-10-9;2*1-2-5-3-4-1;1-3-2/h1-7H;2*1-3H,(H,4,5);3H2,1-2H3. The van der Waals surface area contributed by atoms with Crippen LogP contribution in [0.4, 0.5) is 0 Å². The molecule has 23 heavy (non-hydrogen) atoms. The molecule has 3 heterocycles. The maximum atomic E-state index is 4.18.